The van der Waals surface area contributed by atoms with Gasteiger partial charge in [0, 0.05) is 19.3 Å². The van der Waals surface area contributed by atoms with Crippen LogP contribution in [0.3, 0.4) is 0 Å². The summed E-state index contributed by atoms with van der Waals surface area (Å²) in [6, 6.07) is 3.66. The lowest BCUT2D eigenvalue weighted by molar-refractivity contribution is 0.0707. The normalized spacial score (nSPS) is 11.7. The summed E-state index contributed by atoms with van der Waals surface area (Å²) >= 11 is 6.12. The molecule has 0 unspecified atom stereocenters. The molecule has 1 amide bonds. The van der Waals surface area contributed by atoms with E-state index in [-0.39, 0.29) is 5.91 Å². The molecule has 0 fully saturated rings. The van der Waals surface area contributed by atoms with Crippen LogP contribution in [0, 0.1) is 11.8 Å². The number of amides is 1. The van der Waals surface area contributed by atoms with Gasteiger partial charge in [0.1, 0.15) is 11.3 Å². The summed E-state index contributed by atoms with van der Waals surface area (Å²) in [6.07, 6.45) is 2.50. The highest BCUT2D eigenvalue weighted by Gasteiger charge is 2.24. The van der Waals surface area contributed by atoms with E-state index in [1.165, 1.54) is 0 Å². The third-order valence-corrected chi connectivity index (χ3v) is 3.87. The van der Waals surface area contributed by atoms with Gasteiger partial charge >= 0.3 is 0 Å². The number of imidazole rings is 1. The minimum Gasteiger partial charge on any atom is -0.337 e. The maximum absolute atomic E-state index is 13.2. The number of hydrogen-bond acceptors (Lipinski definition) is 2. The number of rotatable bonds is 6. The molecule has 0 aliphatic carbocycles. The van der Waals surface area contributed by atoms with Crippen LogP contribution in [0.2, 0.25) is 5.02 Å². The molecule has 2 aromatic heterocycles. The van der Waals surface area contributed by atoms with Crippen LogP contribution >= 0.6 is 11.6 Å². The second-order valence-corrected chi connectivity index (χ2v) is 7.27. The Morgan fingerprint density at radius 3 is 2.35 bits per heavy atom. The van der Waals surface area contributed by atoms with Crippen molar-refractivity contribution in [1.82, 2.24) is 14.3 Å². The van der Waals surface area contributed by atoms with Crippen molar-refractivity contribution in [3.63, 3.8) is 0 Å². The maximum Gasteiger partial charge on any atom is 0.272 e. The third kappa shape index (κ3) is 4.05. The van der Waals surface area contributed by atoms with Crippen molar-refractivity contribution in [3.8, 4) is 0 Å². The van der Waals surface area contributed by atoms with E-state index in [0.717, 1.165) is 30.9 Å². The molecule has 0 radical (unpaired) electrons. The fourth-order valence-corrected chi connectivity index (χ4v) is 2.97. The van der Waals surface area contributed by atoms with Gasteiger partial charge in [-0.2, -0.15) is 0 Å². The molecule has 5 heteroatoms. The van der Waals surface area contributed by atoms with Crippen LogP contribution in [0.1, 0.15) is 50.8 Å². The fraction of sp³-hybridized carbons (Fsp3) is 0.556. The lowest BCUT2D eigenvalue weighted by Gasteiger charge is -2.26. The van der Waals surface area contributed by atoms with E-state index in [0.29, 0.717) is 22.6 Å². The van der Waals surface area contributed by atoms with Gasteiger partial charge in [-0.15, -0.1) is 0 Å². The summed E-state index contributed by atoms with van der Waals surface area (Å²) < 4.78 is 1.83. The van der Waals surface area contributed by atoms with E-state index in [2.05, 4.69) is 32.7 Å². The minimum absolute atomic E-state index is 0.0408. The lowest BCUT2D eigenvalue weighted by Crippen LogP contribution is -2.38. The molecule has 0 aromatic carbocycles. The van der Waals surface area contributed by atoms with Gasteiger partial charge in [0.05, 0.1) is 10.7 Å². The minimum atomic E-state index is 0.0408. The number of fused-ring (bicyclic) bond motifs is 1. The number of aryl methyl sites for hydroxylation is 1. The number of carbonyl (C=O) groups is 1. The quantitative estimate of drug-likeness (QED) is 0.789. The Morgan fingerprint density at radius 2 is 1.83 bits per heavy atom. The van der Waals surface area contributed by atoms with E-state index >= 15 is 0 Å². The van der Waals surface area contributed by atoms with E-state index in [4.69, 9.17) is 11.6 Å². The van der Waals surface area contributed by atoms with Gasteiger partial charge in [-0.3, -0.25) is 9.20 Å². The van der Waals surface area contributed by atoms with Gasteiger partial charge in [-0.1, -0.05) is 46.2 Å². The Bertz CT molecular complexity index is 681. The first-order chi connectivity index (χ1) is 10.8. The third-order valence-electron chi connectivity index (χ3n) is 3.65. The zero-order valence-corrected chi connectivity index (χ0v) is 15.4. The second kappa shape index (κ2) is 7.35. The summed E-state index contributed by atoms with van der Waals surface area (Å²) in [6.45, 7) is 12.0. The second-order valence-electron chi connectivity index (χ2n) is 6.83. The molecule has 0 saturated carbocycles. The molecule has 0 N–H and O–H groups in total. The average molecular weight is 336 g/mol. The standard InChI is InChI=1S/C18H26ClN3O/c1-6-15-17(22-11-14(19)7-8-16(22)20-15)18(23)21(9-12(2)3)10-13(4)5/h7-8,11-13H,6,9-10H2,1-5H3. The van der Waals surface area contributed by atoms with Crippen molar-refractivity contribution >= 4 is 23.2 Å². The molecule has 2 rings (SSSR count). The number of nitrogens with zero attached hydrogens (tertiary/aromatic N) is 3. The summed E-state index contributed by atoms with van der Waals surface area (Å²) in [5, 5.41) is 0.603. The first-order valence-corrected chi connectivity index (χ1v) is 8.67. The smallest absolute Gasteiger partial charge is 0.272 e. The largest absolute Gasteiger partial charge is 0.337 e. The molecule has 4 nitrogen and oxygen atoms in total. The Hall–Kier alpha value is -1.55. The summed E-state index contributed by atoms with van der Waals surface area (Å²) in [5.74, 6) is 0.884. The number of halogens is 1. The van der Waals surface area contributed by atoms with Crippen LogP contribution in [0.25, 0.3) is 5.65 Å². The van der Waals surface area contributed by atoms with E-state index in [1.54, 1.807) is 12.3 Å². The zero-order chi connectivity index (χ0) is 17.1. The van der Waals surface area contributed by atoms with E-state index in [9.17, 15) is 4.79 Å². The first kappa shape index (κ1) is 17.8. The highest BCUT2D eigenvalue weighted by Crippen LogP contribution is 2.20. The molecule has 23 heavy (non-hydrogen) atoms. The molecule has 2 heterocycles. The summed E-state index contributed by atoms with van der Waals surface area (Å²) in [7, 11) is 0. The highest BCUT2D eigenvalue weighted by atomic mass is 35.5. The van der Waals surface area contributed by atoms with E-state index < -0.39 is 0 Å². The van der Waals surface area contributed by atoms with Crippen LogP contribution in [0.15, 0.2) is 18.3 Å². The van der Waals surface area contributed by atoms with Crippen LogP contribution in [-0.2, 0) is 6.42 Å². The molecule has 0 atom stereocenters. The lowest BCUT2D eigenvalue weighted by atomic mass is 10.1. The zero-order valence-electron chi connectivity index (χ0n) is 14.6. The topological polar surface area (TPSA) is 37.6 Å². The van der Waals surface area contributed by atoms with Crippen molar-refractivity contribution in [2.45, 2.75) is 41.0 Å². The fourth-order valence-electron chi connectivity index (χ4n) is 2.81. The Kier molecular flexibility index (Phi) is 5.69. The predicted octanol–water partition coefficient (Wildman–Crippen LogP) is 4.30. The van der Waals surface area contributed by atoms with Crippen molar-refractivity contribution in [2.24, 2.45) is 11.8 Å². The van der Waals surface area contributed by atoms with Crippen molar-refractivity contribution in [2.75, 3.05) is 13.1 Å². The Morgan fingerprint density at radius 1 is 1.22 bits per heavy atom. The number of hydrogen-bond donors (Lipinski definition) is 0. The summed E-state index contributed by atoms with van der Waals surface area (Å²) in [4.78, 5) is 19.7. The first-order valence-electron chi connectivity index (χ1n) is 8.29. The molecular weight excluding hydrogens is 310 g/mol. The van der Waals surface area contributed by atoms with Gasteiger partial charge in [0.15, 0.2) is 0 Å². The highest BCUT2D eigenvalue weighted by molar-refractivity contribution is 6.30. The predicted molar refractivity (Wildman–Crippen MR) is 95.2 cm³/mol. The molecule has 0 saturated heterocycles. The Labute approximate surface area is 143 Å². The number of pyridine rings is 1. The van der Waals surface area contributed by atoms with Crippen LogP contribution in [0.4, 0.5) is 0 Å². The number of aromatic nitrogens is 2. The molecule has 0 aliphatic rings. The van der Waals surface area contributed by atoms with Gasteiger partial charge in [0.25, 0.3) is 5.91 Å². The van der Waals surface area contributed by atoms with Gasteiger partial charge in [0.2, 0.25) is 0 Å². The maximum atomic E-state index is 13.2. The molecule has 0 spiro atoms. The van der Waals surface area contributed by atoms with Gasteiger partial charge < -0.3 is 4.90 Å². The van der Waals surface area contributed by atoms with Crippen molar-refractivity contribution in [1.29, 1.82) is 0 Å². The molecule has 2 aromatic rings. The average Bonchev–Trinajstić information content (AvgIpc) is 2.82. The van der Waals surface area contributed by atoms with Crippen molar-refractivity contribution in [3.05, 3.63) is 34.7 Å². The van der Waals surface area contributed by atoms with E-state index in [1.807, 2.05) is 22.3 Å². The SMILES string of the molecule is CCc1nc2ccc(Cl)cn2c1C(=O)N(CC(C)C)CC(C)C. The Balaban J connectivity index is 2.50. The molecular formula is C18H26ClN3O. The molecule has 126 valence electrons. The monoisotopic (exact) mass is 335 g/mol. The van der Waals surface area contributed by atoms with Gasteiger partial charge in [-0.25, -0.2) is 4.98 Å². The van der Waals surface area contributed by atoms with Crippen LogP contribution in [-0.4, -0.2) is 33.3 Å². The molecule has 0 bridgehead atoms. The van der Waals surface area contributed by atoms with Crippen molar-refractivity contribution < 1.29 is 4.79 Å². The van der Waals surface area contributed by atoms with Crippen LogP contribution < -0.4 is 0 Å². The summed E-state index contributed by atoms with van der Waals surface area (Å²) in [5.41, 5.74) is 2.24. The number of carbonyl (C=O) groups excluding carboxylic acids is 1. The van der Waals surface area contributed by atoms with Gasteiger partial charge in [-0.05, 0) is 30.4 Å². The molecule has 0 aliphatic heterocycles. The van der Waals surface area contributed by atoms with Crippen LogP contribution in [0.5, 0.6) is 0 Å².